The van der Waals surface area contributed by atoms with E-state index in [4.69, 9.17) is 37.0 Å². The van der Waals surface area contributed by atoms with Crippen LogP contribution in [0.4, 0.5) is 0 Å². The predicted molar refractivity (Wildman–Crippen MR) is 451 cm³/mol. The number of unbranched alkanes of at least 4 members (excludes halogenated alkanes) is 58. The summed E-state index contributed by atoms with van der Waals surface area (Å²) in [5.41, 5.74) is 0. The smallest absolute Gasteiger partial charge is 0.462 e. The minimum atomic E-state index is -4.97. The Bertz CT molecular complexity index is 2080. The lowest BCUT2D eigenvalue weighted by Crippen LogP contribution is -2.30. The summed E-state index contributed by atoms with van der Waals surface area (Å²) in [6.45, 7) is 9.76. The molecule has 0 aliphatic carbocycles. The fourth-order valence-electron chi connectivity index (χ4n) is 14.1. The molecule has 0 fully saturated rings. The lowest BCUT2D eigenvalue weighted by molar-refractivity contribution is -0.161. The summed E-state index contributed by atoms with van der Waals surface area (Å²) < 4.78 is 69.0. The first kappa shape index (κ1) is 107. The van der Waals surface area contributed by atoms with Crippen LogP contribution >= 0.6 is 15.6 Å². The van der Waals surface area contributed by atoms with Crippen molar-refractivity contribution in [1.82, 2.24) is 0 Å². The lowest BCUT2D eigenvalue weighted by atomic mass is 9.99. The molecule has 0 aromatic rings. The van der Waals surface area contributed by atoms with Gasteiger partial charge in [0.15, 0.2) is 12.2 Å². The maximum atomic E-state index is 13.2. The molecule has 648 valence electrons. The van der Waals surface area contributed by atoms with Crippen LogP contribution in [-0.2, 0) is 65.4 Å². The van der Waals surface area contributed by atoms with Crippen molar-refractivity contribution in [2.45, 2.75) is 503 Å². The van der Waals surface area contributed by atoms with Gasteiger partial charge in [-0.3, -0.25) is 37.3 Å². The second kappa shape index (κ2) is 81.2. The van der Waals surface area contributed by atoms with Gasteiger partial charge < -0.3 is 33.8 Å². The van der Waals surface area contributed by atoms with E-state index in [0.29, 0.717) is 25.7 Å². The molecule has 6 atom stereocenters. The van der Waals surface area contributed by atoms with Crippen LogP contribution in [0.5, 0.6) is 0 Å². The molecule has 0 saturated heterocycles. The van der Waals surface area contributed by atoms with Crippen LogP contribution in [0.15, 0.2) is 0 Å². The van der Waals surface area contributed by atoms with E-state index in [2.05, 4.69) is 41.5 Å². The zero-order valence-corrected chi connectivity index (χ0v) is 73.7. The lowest BCUT2D eigenvalue weighted by Gasteiger charge is -2.21. The highest BCUT2D eigenvalue weighted by Gasteiger charge is 2.31. The molecule has 0 aliphatic heterocycles. The van der Waals surface area contributed by atoms with Gasteiger partial charge in [0.1, 0.15) is 19.3 Å². The Kier molecular flexibility index (Phi) is 79.8. The van der Waals surface area contributed by atoms with Crippen LogP contribution < -0.4 is 0 Å². The molecular formula is C90H176O17P2. The van der Waals surface area contributed by atoms with Crippen LogP contribution in [0, 0.1) is 11.8 Å². The van der Waals surface area contributed by atoms with Crippen molar-refractivity contribution in [3.63, 3.8) is 0 Å². The van der Waals surface area contributed by atoms with Crippen LogP contribution in [-0.4, -0.2) is 96.7 Å². The Morgan fingerprint density at radius 1 is 0.266 bits per heavy atom. The number of carbonyl (C=O) groups is 4. The second-order valence-corrected chi connectivity index (χ2v) is 36.0. The van der Waals surface area contributed by atoms with E-state index in [9.17, 15) is 43.2 Å². The number of hydrogen-bond acceptors (Lipinski definition) is 15. The quantitative estimate of drug-likeness (QED) is 0.0222. The van der Waals surface area contributed by atoms with Crippen molar-refractivity contribution < 1.29 is 80.2 Å². The number of aliphatic hydroxyl groups excluding tert-OH is 1. The average molecular weight is 1590 g/mol. The molecule has 0 bridgehead atoms. The van der Waals surface area contributed by atoms with Gasteiger partial charge in [0.05, 0.1) is 26.4 Å². The van der Waals surface area contributed by atoms with Crippen molar-refractivity contribution in [2.24, 2.45) is 11.8 Å². The summed E-state index contributed by atoms with van der Waals surface area (Å²) in [6.07, 6.45) is 75.1. The fraction of sp³-hybridized carbons (Fsp3) is 0.956. The van der Waals surface area contributed by atoms with E-state index in [1.165, 1.54) is 302 Å². The number of phosphoric acid groups is 2. The molecule has 0 aliphatic rings. The van der Waals surface area contributed by atoms with E-state index >= 15 is 0 Å². The number of carbonyl (C=O) groups excluding carboxylic acids is 4. The number of esters is 4. The molecule has 3 N–H and O–H groups in total. The first-order valence-electron chi connectivity index (χ1n) is 46.5. The summed E-state index contributed by atoms with van der Waals surface area (Å²) in [6, 6.07) is 0. The van der Waals surface area contributed by atoms with Gasteiger partial charge >= 0.3 is 39.5 Å². The van der Waals surface area contributed by atoms with Gasteiger partial charge in [0, 0.05) is 25.7 Å². The van der Waals surface area contributed by atoms with Gasteiger partial charge in [-0.2, -0.15) is 0 Å². The summed E-state index contributed by atoms with van der Waals surface area (Å²) in [5.74, 6) is -0.433. The van der Waals surface area contributed by atoms with E-state index < -0.39 is 97.5 Å². The van der Waals surface area contributed by atoms with Gasteiger partial charge in [-0.1, -0.05) is 433 Å². The third-order valence-corrected chi connectivity index (χ3v) is 23.5. The van der Waals surface area contributed by atoms with E-state index in [1.54, 1.807) is 0 Å². The van der Waals surface area contributed by atoms with Crippen molar-refractivity contribution in [3.8, 4) is 0 Å². The van der Waals surface area contributed by atoms with Crippen molar-refractivity contribution in [3.05, 3.63) is 0 Å². The Morgan fingerprint density at radius 3 is 0.697 bits per heavy atom. The molecule has 17 nitrogen and oxygen atoms in total. The van der Waals surface area contributed by atoms with Crippen molar-refractivity contribution in [2.75, 3.05) is 39.6 Å². The van der Waals surface area contributed by atoms with Crippen LogP contribution in [0.3, 0.4) is 0 Å². The monoisotopic (exact) mass is 1590 g/mol. The third-order valence-electron chi connectivity index (χ3n) is 21.6. The third kappa shape index (κ3) is 82.4. The standard InChI is InChI=1S/C90H176O17P2/c1-7-10-12-14-16-18-19-20-21-22-23-24-25-29-32-38-43-49-55-61-67-73-88(93)101-79-86(107-90(95)74-68-62-56-50-44-39-33-30-27-26-28-31-37-42-48-53-59-65-71-83(6)9-3)81-105-109(98,99)103-77-84(91)76-102-108(96,97)104-80-85(78-100-87(92)72-66-60-54-46-17-15-13-11-8-2)106-89(94)75-69-63-57-51-45-40-35-34-36-41-47-52-58-64-70-82(4)5/h82-86,91H,7-81H2,1-6H3,(H,96,97)(H,98,99)/t83?,84-,85+,86+/m0/s1. The molecule has 0 amide bonds. The fourth-order valence-corrected chi connectivity index (χ4v) is 15.7. The molecule has 0 rings (SSSR count). The zero-order valence-electron chi connectivity index (χ0n) is 71.9. The van der Waals surface area contributed by atoms with Crippen LogP contribution in [0.1, 0.15) is 485 Å². The first-order chi connectivity index (χ1) is 52.9. The normalized spacial score (nSPS) is 14.0. The van der Waals surface area contributed by atoms with Crippen molar-refractivity contribution >= 4 is 39.5 Å². The molecule has 0 radical (unpaired) electrons. The Morgan fingerprint density at radius 2 is 0.468 bits per heavy atom. The Hall–Kier alpha value is -1.94. The van der Waals surface area contributed by atoms with E-state index in [-0.39, 0.29) is 25.7 Å². The molecule has 3 unspecified atom stereocenters. The Balaban J connectivity index is 5.20. The van der Waals surface area contributed by atoms with Crippen LogP contribution in [0.25, 0.3) is 0 Å². The van der Waals surface area contributed by atoms with Crippen molar-refractivity contribution in [1.29, 1.82) is 0 Å². The van der Waals surface area contributed by atoms with Gasteiger partial charge in [-0.05, 0) is 37.5 Å². The summed E-state index contributed by atoms with van der Waals surface area (Å²) in [4.78, 5) is 73.3. The summed E-state index contributed by atoms with van der Waals surface area (Å²) >= 11 is 0. The number of ether oxygens (including phenoxy) is 4. The molecule has 109 heavy (non-hydrogen) atoms. The highest BCUT2D eigenvalue weighted by atomic mass is 31.2. The molecule has 0 aromatic carbocycles. The maximum Gasteiger partial charge on any atom is 0.472 e. The first-order valence-corrected chi connectivity index (χ1v) is 49.5. The molecule has 0 saturated carbocycles. The number of aliphatic hydroxyl groups is 1. The van der Waals surface area contributed by atoms with E-state index in [0.717, 1.165) is 102 Å². The minimum Gasteiger partial charge on any atom is -0.462 e. The minimum absolute atomic E-state index is 0.108. The SMILES string of the molecule is CCCCCCCCCCCCCCCCCCCCCCCC(=O)OC[C@H](COP(=O)(O)OC[C@@H](O)COP(=O)(O)OC[C@@H](COC(=O)CCCCCCCCCCC)OC(=O)CCCCCCCCCCCCCCCCC(C)C)OC(=O)CCCCCCCCCCCCCCCCCCCCC(C)CC. The van der Waals surface area contributed by atoms with Gasteiger partial charge in [0.25, 0.3) is 0 Å². The van der Waals surface area contributed by atoms with Crippen LogP contribution in [0.2, 0.25) is 0 Å². The topological polar surface area (TPSA) is 237 Å². The van der Waals surface area contributed by atoms with E-state index in [1.807, 2.05) is 0 Å². The molecule has 19 heteroatoms. The average Bonchev–Trinajstić information content (AvgIpc) is 0.901. The van der Waals surface area contributed by atoms with Gasteiger partial charge in [0.2, 0.25) is 0 Å². The van der Waals surface area contributed by atoms with Gasteiger partial charge in [-0.15, -0.1) is 0 Å². The highest BCUT2D eigenvalue weighted by molar-refractivity contribution is 7.47. The summed E-state index contributed by atoms with van der Waals surface area (Å²) in [7, 11) is -9.93. The maximum absolute atomic E-state index is 13.2. The highest BCUT2D eigenvalue weighted by Crippen LogP contribution is 2.45. The molecule has 0 spiro atoms. The molecule has 0 aromatic heterocycles. The van der Waals surface area contributed by atoms with Gasteiger partial charge in [-0.25, -0.2) is 9.13 Å². The number of rotatable bonds is 89. The zero-order chi connectivity index (χ0) is 79.9. The predicted octanol–water partition coefficient (Wildman–Crippen LogP) is 27.8. The second-order valence-electron chi connectivity index (χ2n) is 33.1. The Labute approximate surface area is 670 Å². The molecule has 0 heterocycles. The number of phosphoric ester groups is 2. The molecular weight excluding hydrogens is 1410 g/mol. The largest absolute Gasteiger partial charge is 0.472 e. The number of hydrogen-bond donors (Lipinski definition) is 3. The summed E-state index contributed by atoms with van der Waals surface area (Å²) in [5, 5.41) is 10.7.